The summed E-state index contributed by atoms with van der Waals surface area (Å²) in [7, 11) is 0. The lowest BCUT2D eigenvalue weighted by atomic mass is 10.1. The summed E-state index contributed by atoms with van der Waals surface area (Å²) in [5.41, 5.74) is 3.73. The van der Waals surface area contributed by atoms with E-state index < -0.39 is 0 Å². The predicted molar refractivity (Wildman–Crippen MR) is 89.1 cm³/mol. The first kappa shape index (κ1) is 16.3. The van der Waals surface area contributed by atoms with Gasteiger partial charge in [0.1, 0.15) is 0 Å². The molecule has 2 aromatic rings. The van der Waals surface area contributed by atoms with E-state index in [0.717, 1.165) is 23.4 Å². The average molecular weight is 299 g/mol. The number of aromatic nitrogens is 2. The molecule has 1 N–H and O–H groups in total. The minimum Gasteiger partial charge on any atom is -0.352 e. The van der Waals surface area contributed by atoms with Gasteiger partial charge in [0.25, 0.3) is 5.91 Å². The predicted octanol–water partition coefficient (Wildman–Crippen LogP) is 3.19. The molecule has 0 atom stereocenters. The molecular weight excluding hydrogens is 274 g/mol. The van der Waals surface area contributed by atoms with Gasteiger partial charge in [0.2, 0.25) is 0 Å². The van der Waals surface area contributed by atoms with Crippen molar-refractivity contribution < 1.29 is 4.79 Å². The van der Waals surface area contributed by atoms with Crippen molar-refractivity contribution in [3.63, 3.8) is 0 Å². The number of benzene rings is 1. The fraction of sp³-hybridized carbons (Fsp3) is 0.444. The van der Waals surface area contributed by atoms with Crippen LogP contribution < -0.4 is 5.32 Å². The maximum absolute atomic E-state index is 12.5. The molecule has 4 heteroatoms. The minimum absolute atomic E-state index is 0.0117. The zero-order valence-electron chi connectivity index (χ0n) is 13.9. The van der Waals surface area contributed by atoms with Crippen LogP contribution in [-0.4, -0.2) is 22.2 Å². The summed E-state index contributed by atoms with van der Waals surface area (Å²) in [6.07, 6.45) is 0.790. The molecule has 0 aliphatic carbocycles. The SMILES string of the molecule is CCc1c(C(=O)NCC(C)C)c(C)nn1Cc1ccccc1. The molecule has 4 nitrogen and oxygen atoms in total. The number of hydrogen-bond donors (Lipinski definition) is 1. The second-order valence-electron chi connectivity index (χ2n) is 6.01. The molecule has 2 rings (SSSR count). The Morgan fingerprint density at radius 1 is 1.27 bits per heavy atom. The third-order valence-electron chi connectivity index (χ3n) is 3.64. The Balaban J connectivity index is 2.26. The lowest BCUT2D eigenvalue weighted by Gasteiger charge is -2.10. The van der Waals surface area contributed by atoms with Crippen molar-refractivity contribution in [1.29, 1.82) is 0 Å². The highest BCUT2D eigenvalue weighted by molar-refractivity contribution is 5.96. The van der Waals surface area contributed by atoms with Crippen LogP contribution in [0, 0.1) is 12.8 Å². The highest BCUT2D eigenvalue weighted by Crippen LogP contribution is 2.16. The van der Waals surface area contributed by atoms with E-state index in [4.69, 9.17) is 0 Å². The largest absolute Gasteiger partial charge is 0.352 e. The molecule has 0 aliphatic rings. The topological polar surface area (TPSA) is 46.9 Å². The van der Waals surface area contributed by atoms with Gasteiger partial charge in [-0.25, -0.2) is 0 Å². The maximum atomic E-state index is 12.5. The van der Waals surface area contributed by atoms with Gasteiger partial charge in [-0.2, -0.15) is 5.10 Å². The maximum Gasteiger partial charge on any atom is 0.255 e. The van der Waals surface area contributed by atoms with Gasteiger partial charge in [-0.3, -0.25) is 9.48 Å². The van der Waals surface area contributed by atoms with Crippen molar-refractivity contribution >= 4 is 5.91 Å². The van der Waals surface area contributed by atoms with Crippen molar-refractivity contribution in [3.05, 3.63) is 52.8 Å². The number of nitrogens with zero attached hydrogens (tertiary/aromatic N) is 2. The summed E-state index contributed by atoms with van der Waals surface area (Å²) in [6.45, 7) is 9.54. The first-order chi connectivity index (χ1) is 10.5. The highest BCUT2D eigenvalue weighted by atomic mass is 16.1. The van der Waals surface area contributed by atoms with Crippen molar-refractivity contribution in [2.24, 2.45) is 5.92 Å². The molecule has 0 saturated carbocycles. The Hall–Kier alpha value is -2.10. The van der Waals surface area contributed by atoms with E-state index in [-0.39, 0.29) is 5.91 Å². The number of amides is 1. The smallest absolute Gasteiger partial charge is 0.255 e. The second kappa shape index (κ2) is 7.25. The van der Waals surface area contributed by atoms with Crippen molar-refractivity contribution in [2.45, 2.75) is 40.7 Å². The fourth-order valence-corrected chi connectivity index (χ4v) is 2.56. The Labute approximate surface area is 132 Å². The van der Waals surface area contributed by atoms with Crippen LogP contribution in [0.15, 0.2) is 30.3 Å². The number of hydrogen-bond acceptors (Lipinski definition) is 2. The second-order valence-corrected chi connectivity index (χ2v) is 6.01. The van der Waals surface area contributed by atoms with Gasteiger partial charge in [0.15, 0.2) is 0 Å². The molecular formula is C18H25N3O. The molecule has 0 saturated heterocycles. The van der Waals surface area contributed by atoms with E-state index in [1.165, 1.54) is 5.56 Å². The standard InChI is InChI=1S/C18H25N3O/c1-5-16-17(18(22)19-11-13(2)3)14(4)20-21(16)12-15-9-7-6-8-10-15/h6-10,13H,5,11-12H2,1-4H3,(H,19,22). The number of nitrogens with one attached hydrogen (secondary N) is 1. The van der Waals surface area contributed by atoms with Crippen molar-refractivity contribution in [3.8, 4) is 0 Å². The Bertz CT molecular complexity index is 629. The number of rotatable bonds is 6. The lowest BCUT2D eigenvalue weighted by molar-refractivity contribution is 0.0947. The van der Waals surface area contributed by atoms with E-state index in [9.17, 15) is 4.79 Å². The number of carbonyl (C=O) groups is 1. The molecule has 0 unspecified atom stereocenters. The van der Waals surface area contributed by atoms with Gasteiger partial charge in [0, 0.05) is 6.54 Å². The molecule has 1 aromatic heterocycles. The zero-order chi connectivity index (χ0) is 16.1. The molecule has 22 heavy (non-hydrogen) atoms. The first-order valence-corrected chi connectivity index (χ1v) is 7.91. The summed E-state index contributed by atoms with van der Waals surface area (Å²) in [5.74, 6) is 0.427. The van der Waals surface area contributed by atoms with Crippen LogP contribution in [0.1, 0.15) is 48.1 Å². The van der Waals surface area contributed by atoms with Crippen LogP contribution in [-0.2, 0) is 13.0 Å². The Morgan fingerprint density at radius 3 is 2.55 bits per heavy atom. The van der Waals surface area contributed by atoms with Crippen LogP contribution in [0.4, 0.5) is 0 Å². The molecule has 0 spiro atoms. The van der Waals surface area contributed by atoms with E-state index >= 15 is 0 Å². The van der Waals surface area contributed by atoms with Crippen LogP contribution >= 0.6 is 0 Å². The fourth-order valence-electron chi connectivity index (χ4n) is 2.56. The zero-order valence-corrected chi connectivity index (χ0v) is 13.9. The average Bonchev–Trinajstić information content (AvgIpc) is 2.81. The van der Waals surface area contributed by atoms with Crippen LogP contribution in [0.3, 0.4) is 0 Å². The summed E-state index contributed by atoms with van der Waals surface area (Å²) in [4.78, 5) is 12.5. The Morgan fingerprint density at radius 2 is 1.95 bits per heavy atom. The normalized spacial score (nSPS) is 11.0. The molecule has 1 amide bonds. The third-order valence-corrected chi connectivity index (χ3v) is 3.64. The highest BCUT2D eigenvalue weighted by Gasteiger charge is 2.20. The van der Waals surface area contributed by atoms with Gasteiger partial charge in [0.05, 0.1) is 23.5 Å². The van der Waals surface area contributed by atoms with Gasteiger partial charge in [-0.15, -0.1) is 0 Å². The van der Waals surface area contributed by atoms with Crippen LogP contribution in [0.25, 0.3) is 0 Å². The Kier molecular flexibility index (Phi) is 5.36. The van der Waals surface area contributed by atoms with Gasteiger partial charge >= 0.3 is 0 Å². The summed E-state index contributed by atoms with van der Waals surface area (Å²) >= 11 is 0. The summed E-state index contributed by atoms with van der Waals surface area (Å²) in [6, 6.07) is 10.2. The molecule has 1 aromatic carbocycles. The molecule has 0 aliphatic heterocycles. The molecule has 0 fully saturated rings. The third kappa shape index (κ3) is 3.75. The van der Waals surface area contributed by atoms with Crippen LogP contribution in [0.2, 0.25) is 0 Å². The van der Waals surface area contributed by atoms with Crippen molar-refractivity contribution in [2.75, 3.05) is 6.54 Å². The van der Waals surface area contributed by atoms with Gasteiger partial charge in [-0.1, -0.05) is 51.1 Å². The monoisotopic (exact) mass is 299 g/mol. The van der Waals surface area contributed by atoms with Crippen molar-refractivity contribution in [1.82, 2.24) is 15.1 Å². The summed E-state index contributed by atoms with van der Waals surface area (Å²) < 4.78 is 1.95. The minimum atomic E-state index is -0.0117. The van der Waals surface area contributed by atoms with Crippen LogP contribution in [0.5, 0.6) is 0 Å². The number of carbonyl (C=O) groups excluding carboxylic acids is 1. The van der Waals surface area contributed by atoms with Gasteiger partial charge in [-0.05, 0) is 24.8 Å². The molecule has 0 radical (unpaired) electrons. The molecule has 1 heterocycles. The van der Waals surface area contributed by atoms with E-state index in [2.05, 4.69) is 43.3 Å². The van der Waals surface area contributed by atoms with E-state index in [1.54, 1.807) is 0 Å². The quantitative estimate of drug-likeness (QED) is 0.890. The first-order valence-electron chi connectivity index (χ1n) is 7.91. The lowest BCUT2D eigenvalue weighted by Crippen LogP contribution is -2.28. The van der Waals surface area contributed by atoms with E-state index in [0.29, 0.717) is 19.0 Å². The number of aryl methyl sites for hydroxylation is 1. The molecule has 0 bridgehead atoms. The molecule has 118 valence electrons. The summed E-state index contributed by atoms with van der Waals surface area (Å²) in [5, 5.41) is 7.58. The van der Waals surface area contributed by atoms with Gasteiger partial charge < -0.3 is 5.32 Å². The van der Waals surface area contributed by atoms with E-state index in [1.807, 2.05) is 29.8 Å².